The van der Waals surface area contributed by atoms with Crippen LogP contribution in [0.25, 0.3) is 0 Å². The standard InChI is InChI=1S/C16H18N2O.C16H18O2.CH4/c1-16(2,3)19-15-11-9-14(10-12-15)18-17-13-7-5-4-6-8-13;1-16(2,3)18-15-11-9-14(10-12-15)17-13-7-5-4-6-8-13;/h4-12H,1-3H3;4-12H,1-3H3;1H4. The number of hydrogen-bond acceptors (Lipinski definition) is 5. The van der Waals surface area contributed by atoms with Gasteiger partial charge in [0.25, 0.3) is 0 Å². The number of nitrogens with zero attached hydrogens (tertiary/aromatic N) is 2. The molecule has 0 aromatic heterocycles. The van der Waals surface area contributed by atoms with Crippen molar-refractivity contribution in [1.82, 2.24) is 0 Å². The van der Waals surface area contributed by atoms with Crippen molar-refractivity contribution in [3.63, 3.8) is 0 Å². The Morgan fingerprint density at radius 1 is 0.421 bits per heavy atom. The van der Waals surface area contributed by atoms with E-state index in [4.69, 9.17) is 14.2 Å². The first kappa shape index (κ1) is 30.1. The van der Waals surface area contributed by atoms with E-state index in [9.17, 15) is 0 Å². The van der Waals surface area contributed by atoms with Gasteiger partial charge in [-0.3, -0.25) is 0 Å². The van der Waals surface area contributed by atoms with Gasteiger partial charge in [0.15, 0.2) is 0 Å². The van der Waals surface area contributed by atoms with Gasteiger partial charge >= 0.3 is 0 Å². The third-order valence-corrected chi connectivity index (χ3v) is 4.52. The van der Waals surface area contributed by atoms with Crippen molar-refractivity contribution in [3.8, 4) is 23.0 Å². The van der Waals surface area contributed by atoms with E-state index in [1.807, 2.05) is 151 Å². The van der Waals surface area contributed by atoms with Gasteiger partial charge in [-0.2, -0.15) is 10.2 Å². The summed E-state index contributed by atoms with van der Waals surface area (Å²) >= 11 is 0. The predicted octanol–water partition coefficient (Wildman–Crippen LogP) is 10.6. The Morgan fingerprint density at radius 3 is 1.21 bits per heavy atom. The summed E-state index contributed by atoms with van der Waals surface area (Å²) in [4.78, 5) is 0. The SMILES string of the molecule is C.CC(C)(C)Oc1ccc(N=Nc2ccccc2)cc1.CC(C)(C)Oc1ccc(Oc2ccccc2)cc1. The molecule has 4 rings (SSSR count). The lowest BCUT2D eigenvalue weighted by atomic mass is 10.2. The highest BCUT2D eigenvalue weighted by Crippen LogP contribution is 2.26. The fourth-order valence-electron chi connectivity index (χ4n) is 3.10. The van der Waals surface area contributed by atoms with E-state index in [1.54, 1.807) is 0 Å². The minimum Gasteiger partial charge on any atom is -0.488 e. The molecule has 0 aliphatic carbocycles. The Bertz CT molecular complexity index is 1220. The maximum absolute atomic E-state index is 5.75. The number of benzene rings is 4. The van der Waals surface area contributed by atoms with Gasteiger partial charge in [0, 0.05) is 0 Å². The molecule has 0 amide bonds. The van der Waals surface area contributed by atoms with E-state index in [0.29, 0.717) is 0 Å². The third-order valence-electron chi connectivity index (χ3n) is 4.52. The topological polar surface area (TPSA) is 52.4 Å². The van der Waals surface area contributed by atoms with E-state index >= 15 is 0 Å². The van der Waals surface area contributed by atoms with Gasteiger partial charge < -0.3 is 14.2 Å². The van der Waals surface area contributed by atoms with Crippen LogP contribution in [-0.4, -0.2) is 11.2 Å². The monoisotopic (exact) mass is 512 g/mol. The van der Waals surface area contributed by atoms with Crippen LogP contribution in [0.5, 0.6) is 23.0 Å². The van der Waals surface area contributed by atoms with Gasteiger partial charge in [-0.1, -0.05) is 43.8 Å². The second-order valence-corrected chi connectivity index (χ2v) is 10.3. The highest BCUT2D eigenvalue weighted by atomic mass is 16.5. The molecule has 38 heavy (non-hydrogen) atoms. The minimum absolute atomic E-state index is 0. The molecule has 0 N–H and O–H groups in total. The smallest absolute Gasteiger partial charge is 0.127 e. The molecule has 0 unspecified atom stereocenters. The molecular formula is C33H40N2O3. The van der Waals surface area contributed by atoms with E-state index in [1.165, 1.54) is 0 Å². The second kappa shape index (κ2) is 14.0. The van der Waals surface area contributed by atoms with Gasteiger partial charge in [-0.15, -0.1) is 0 Å². The van der Waals surface area contributed by atoms with Crippen molar-refractivity contribution >= 4 is 11.4 Å². The fraction of sp³-hybridized carbons (Fsp3) is 0.273. The number of ether oxygens (including phenoxy) is 3. The maximum Gasteiger partial charge on any atom is 0.127 e. The zero-order valence-electron chi connectivity index (χ0n) is 22.5. The summed E-state index contributed by atoms with van der Waals surface area (Å²) in [6, 6.07) is 34.7. The molecule has 0 bridgehead atoms. The van der Waals surface area contributed by atoms with Crippen molar-refractivity contribution in [2.45, 2.75) is 60.2 Å². The Labute approximate surface area is 228 Å². The lowest BCUT2D eigenvalue weighted by Gasteiger charge is -2.21. The van der Waals surface area contributed by atoms with E-state index in [0.717, 1.165) is 34.4 Å². The molecule has 0 fully saturated rings. The average Bonchev–Trinajstić information content (AvgIpc) is 2.85. The summed E-state index contributed by atoms with van der Waals surface area (Å²) in [5.74, 6) is 3.33. The first-order valence-corrected chi connectivity index (χ1v) is 12.3. The van der Waals surface area contributed by atoms with Crippen molar-refractivity contribution in [2.24, 2.45) is 10.2 Å². The molecule has 0 heterocycles. The zero-order chi connectivity index (χ0) is 26.7. The first-order valence-electron chi connectivity index (χ1n) is 12.3. The predicted molar refractivity (Wildman–Crippen MR) is 158 cm³/mol. The van der Waals surface area contributed by atoms with Crippen molar-refractivity contribution in [2.75, 3.05) is 0 Å². The van der Waals surface area contributed by atoms with Crippen molar-refractivity contribution in [3.05, 3.63) is 109 Å². The summed E-state index contributed by atoms with van der Waals surface area (Å²) in [7, 11) is 0. The summed E-state index contributed by atoms with van der Waals surface area (Å²) < 4.78 is 17.2. The number of rotatable bonds is 6. The largest absolute Gasteiger partial charge is 0.488 e. The summed E-state index contributed by atoms with van der Waals surface area (Å²) in [6.07, 6.45) is 0. The summed E-state index contributed by atoms with van der Waals surface area (Å²) in [6.45, 7) is 12.2. The quantitative estimate of drug-likeness (QED) is 0.241. The molecule has 0 aliphatic heterocycles. The second-order valence-electron chi connectivity index (χ2n) is 10.3. The zero-order valence-corrected chi connectivity index (χ0v) is 22.5. The summed E-state index contributed by atoms with van der Waals surface area (Å²) in [5.41, 5.74) is 1.29. The number of azo groups is 1. The van der Waals surface area contributed by atoms with Gasteiger partial charge in [-0.05, 0) is 114 Å². The molecule has 0 radical (unpaired) electrons. The van der Waals surface area contributed by atoms with Crippen LogP contribution in [0.1, 0.15) is 49.0 Å². The Balaban J connectivity index is 0.000000260. The molecule has 0 aliphatic rings. The van der Waals surface area contributed by atoms with Crippen LogP contribution in [0.4, 0.5) is 11.4 Å². The van der Waals surface area contributed by atoms with E-state index < -0.39 is 0 Å². The Hall–Kier alpha value is -4.12. The van der Waals surface area contributed by atoms with Crippen LogP contribution in [0.15, 0.2) is 119 Å². The molecule has 200 valence electrons. The lowest BCUT2D eigenvalue weighted by Crippen LogP contribution is -2.22. The molecule has 0 atom stereocenters. The van der Waals surface area contributed by atoms with E-state index in [2.05, 4.69) is 10.2 Å². The minimum atomic E-state index is -0.187. The highest BCUT2D eigenvalue weighted by Gasteiger charge is 2.12. The molecule has 0 spiro atoms. The first-order chi connectivity index (χ1) is 17.6. The fourth-order valence-corrected chi connectivity index (χ4v) is 3.10. The number of hydrogen-bond donors (Lipinski definition) is 0. The van der Waals surface area contributed by atoms with Gasteiger partial charge in [0.2, 0.25) is 0 Å². The molecular weight excluding hydrogens is 472 g/mol. The average molecular weight is 513 g/mol. The van der Waals surface area contributed by atoms with Crippen molar-refractivity contribution in [1.29, 1.82) is 0 Å². The van der Waals surface area contributed by atoms with Gasteiger partial charge in [0.05, 0.1) is 11.4 Å². The van der Waals surface area contributed by atoms with Crippen LogP contribution in [-0.2, 0) is 0 Å². The van der Waals surface area contributed by atoms with Crippen LogP contribution >= 0.6 is 0 Å². The molecule has 5 heteroatoms. The lowest BCUT2D eigenvalue weighted by molar-refractivity contribution is 0.130. The normalized spacial score (nSPS) is 11.1. The van der Waals surface area contributed by atoms with E-state index in [-0.39, 0.29) is 18.6 Å². The highest BCUT2D eigenvalue weighted by molar-refractivity contribution is 5.42. The van der Waals surface area contributed by atoms with Gasteiger partial charge in [0.1, 0.15) is 34.2 Å². The van der Waals surface area contributed by atoms with Crippen LogP contribution in [0, 0.1) is 0 Å². The van der Waals surface area contributed by atoms with Crippen LogP contribution in [0.3, 0.4) is 0 Å². The van der Waals surface area contributed by atoms with Crippen molar-refractivity contribution < 1.29 is 14.2 Å². The number of para-hydroxylation sites is 1. The van der Waals surface area contributed by atoms with Gasteiger partial charge in [-0.25, -0.2) is 0 Å². The molecule has 0 saturated carbocycles. The summed E-state index contributed by atoms with van der Waals surface area (Å²) in [5, 5.41) is 8.35. The van der Waals surface area contributed by atoms with Crippen LogP contribution in [0.2, 0.25) is 0 Å². The Kier molecular flexibility index (Phi) is 11.1. The molecule has 5 nitrogen and oxygen atoms in total. The third kappa shape index (κ3) is 11.7. The van der Waals surface area contributed by atoms with Crippen LogP contribution < -0.4 is 14.2 Å². The Morgan fingerprint density at radius 2 is 0.763 bits per heavy atom. The maximum atomic E-state index is 5.75. The molecule has 0 saturated heterocycles. The molecule has 4 aromatic rings. The molecule has 4 aromatic carbocycles.